The van der Waals surface area contributed by atoms with Crippen LogP contribution in [0, 0.1) is 40.5 Å². The second kappa shape index (κ2) is 29.0. The number of anilines is 1. The molecule has 7 aromatic heterocycles. The second-order valence-electron chi connectivity index (χ2n) is 16.7. The van der Waals surface area contributed by atoms with Crippen molar-refractivity contribution in [2.45, 2.75) is 0 Å². The first-order chi connectivity index (χ1) is 40.8. The number of aromatic nitrogens is 2. The zero-order valence-corrected chi connectivity index (χ0v) is 48.5. The largest absolute Gasteiger partial charge is 0.495 e. The molecule has 7 N–H and O–H groups in total. The van der Waals surface area contributed by atoms with E-state index in [2.05, 4.69) is 25.9 Å². The number of carboxylic acids is 1. The summed E-state index contributed by atoms with van der Waals surface area (Å²) >= 11 is 9.84. The van der Waals surface area contributed by atoms with Crippen molar-refractivity contribution in [3.05, 3.63) is 247 Å². The topological polar surface area (TPSA) is 376 Å². The van der Waals surface area contributed by atoms with Crippen LogP contribution in [0.5, 0.6) is 0 Å². The number of halogens is 1. The summed E-state index contributed by atoms with van der Waals surface area (Å²) in [5, 5.41) is 82.4. The summed E-state index contributed by atoms with van der Waals surface area (Å²) in [5.74, 6) is -1.08. The number of fused-ring (bicyclic) bond motifs is 6. The van der Waals surface area contributed by atoms with Crippen LogP contribution >= 0.6 is 72.6 Å². The van der Waals surface area contributed by atoms with Gasteiger partial charge in [0.15, 0.2) is 12.6 Å². The fourth-order valence-corrected chi connectivity index (χ4v) is 12.4. The molecule has 0 fully saturated rings. The van der Waals surface area contributed by atoms with E-state index in [1.807, 2.05) is 29.0 Å². The Hall–Kier alpha value is -9.79. The molecule has 12 rings (SSSR count). The molecule has 0 aliphatic rings. The van der Waals surface area contributed by atoms with Gasteiger partial charge >= 0.3 is 13.1 Å². The molecule has 428 valence electrons. The number of thiophene rings is 5. The summed E-state index contributed by atoms with van der Waals surface area (Å²) in [4.78, 5) is 105. The van der Waals surface area contributed by atoms with E-state index in [1.165, 1.54) is 93.9 Å². The zero-order chi connectivity index (χ0) is 61.5. The van der Waals surface area contributed by atoms with Crippen LogP contribution in [0.4, 0.5) is 28.4 Å². The van der Waals surface area contributed by atoms with E-state index in [1.54, 1.807) is 88.9 Å². The van der Waals surface area contributed by atoms with Gasteiger partial charge < -0.3 is 30.9 Å². The van der Waals surface area contributed by atoms with Crippen molar-refractivity contribution in [2.24, 2.45) is 0 Å². The quantitative estimate of drug-likeness (QED) is 0.0243. The third-order valence-corrected chi connectivity index (χ3v) is 17.0. The molecular formula is C55H37BBrN7O16S5. The Balaban J connectivity index is 0.000000148. The molecule has 0 aliphatic heterocycles. The molecule has 0 radical (unpaired) electrons. The van der Waals surface area contributed by atoms with Crippen molar-refractivity contribution in [1.29, 1.82) is 0 Å². The highest BCUT2D eigenvalue weighted by molar-refractivity contribution is 9.10. The number of aldehydes is 2. The van der Waals surface area contributed by atoms with E-state index in [0.29, 0.717) is 53.8 Å². The molecule has 0 atom stereocenters. The third-order valence-electron chi connectivity index (χ3n) is 11.8. The Morgan fingerprint density at radius 2 is 0.929 bits per heavy atom. The molecule has 5 aromatic carbocycles. The summed E-state index contributed by atoms with van der Waals surface area (Å²) in [6, 6.07) is 36.8. The molecule has 12 aromatic rings. The Morgan fingerprint density at radius 3 is 1.42 bits per heavy atom. The number of nitro benzene ring substituents is 4. The van der Waals surface area contributed by atoms with E-state index in [9.17, 15) is 64.4 Å². The summed E-state index contributed by atoms with van der Waals surface area (Å²) in [6.07, 6.45) is 1.56. The van der Waals surface area contributed by atoms with Crippen LogP contribution < -0.4 is 22.3 Å². The van der Waals surface area contributed by atoms with Crippen LogP contribution in [0.2, 0.25) is 0 Å². The molecule has 0 spiro atoms. The minimum atomic E-state index is -1.80. The van der Waals surface area contributed by atoms with E-state index < -0.39 is 32.8 Å². The van der Waals surface area contributed by atoms with Gasteiger partial charge in [-0.05, 0) is 103 Å². The number of non-ortho nitro benzene ring substituents is 1. The average molecular weight is 1300 g/mol. The van der Waals surface area contributed by atoms with Gasteiger partial charge in [-0.3, -0.25) is 59.6 Å². The smallest absolute Gasteiger partial charge is 0.477 e. The van der Waals surface area contributed by atoms with Gasteiger partial charge in [0.25, 0.3) is 33.9 Å². The van der Waals surface area contributed by atoms with Crippen LogP contribution in [0.1, 0.15) is 29.0 Å². The van der Waals surface area contributed by atoms with Crippen molar-refractivity contribution in [1.82, 2.24) is 9.97 Å². The average Bonchev–Trinajstić information content (AvgIpc) is 4.20. The molecule has 23 nitrogen and oxygen atoms in total. The van der Waals surface area contributed by atoms with Gasteiger partial charge in [-0.2, -0.15) is 0 Å². The lowest BCUT2D eigenvalue weighted by atomic mass is 9.79. The summed E-state index contributed by atoms with van der Waals surface area (Å²) in [6.45, 7) is 0. The number of H-pyrrole nitrogens is 2. The normalized spacial score (nSPS) is 10.3. The molecule has 30 heteroatoms. The standard InChI is InChI=1S/C11H6N2O3S.C11H8N2OS.C11H7NO4S.C11H7NO3S.C6H6BNO4.C5H3BrOS/c14-10-6-2-1-3-8(13(15)16)9(6)7-4-5-17-11(7)12-10;12-8-3-1-2-6-9(8)7-4-5-15-11(7)13-10(6)14;13-11(14)10-8(5-6-17-10)7-3-1-2-4-9(7)12(15)16;13-7-11-9(5-6-16-11)8-3-1-2-4-10(8)12(14)15;9-7(10)5-3-1-2-4-6(5)8(11)12;6-4-1-2-8-5(4)3-7/h1-5H,(H,12,14);1-5H,12H2,(H,13,14);1-6H,(H,13,14);1-7H;1-4,9-10H;1-3H. The maximum atomic E-state index is 11.8. The van der Waals surface area contributed by atoms with Crippen LogP contribution in [0.25, 0.3) is 64.2 Å². The molecule has 0 unspecified atom stereocenters. The Bertz CT molecular complexity index is 4590. The van der Waals surface area contributed by atoms with Crippen molar-refractivity contribution in [3.63, 3.8) is 0 Å². The number of nitrogens with zero attached hydrogens (tertiary/aromatic N) is 4. The number of nitrogens with two attached hydrogens (primary N) is 1. The number of rotatable bonds is 10. The van der Waals surface area contributed by atoms with E-state index in [-0.39, 0.29) is 44.2 Å². The zero-order valence-electron chi connectivity index (χ0n) is 42.8. The first-order valence-electron chi connectivity index (χ1n) is 23.8. The lowest BCUT2D eigenvalue weighted by molar-refractivity contribution is -0.384. The molecule has 0 saturated carbocycles. The van der Waals surface area contributed by atoms with E-state index >= 15 is 0 Å². The minimum Gasteiger partial charge on any atom is -0.477 e. The second-order valence-corrected chi connectivity index (χ2v) is 22.2. The highest BCUT2D eigenvalue weighted by Crippen LogP contribution is 2.37. The molecule has 0 bridgehead atoms. The monoisotopic (exact) mass is 1300 g/mol. The number of hydrogen-bond donors (Lipinski definition) is 6. The number of nitro groups is 4. The summed E-state index contributed by atoms with van der Waals surface area (Å²) < 4.78 is 0.887. The van der Waals surface area contributed by atoms with E-state index in [4.69, 9.17) is 20.9 Å². The molecule has 0 saturated heterocycles. The number of nitrogens with one attached hydrogen (secondary N) is 2. The van der Waals surface area contributed by atoms with Gasteiger partial charge in [0.1, 0.15) is 14.5 Å². The van der Waals surface area contributed by atoms with Crippen LogP contribution in [0.3, 0.4) is 0 Å². The Morgan fingerprint density at radius 1 is 0.494 bits per heavy atom. The number of hydrogen-bond acceptors (Lipinski definition) is 21. The number of para-hydroxylation sites is 3. The predicted octanol–water partition coefficient (Wildman–Crippen LogP) is 12.7. The third kappa shape index (κ3) is 14.9. The van der Waals surface area contributed by atoms with Crippen molar-refractivity contribution in [2.75, 3.05) is 5.73 Å². The number of aromatic carboxylic acids is 1. The van der Waals surface area contributed by atoms with Crippen LogP contribution in [0.15, 0.2) is 180 Å². The number of benzene rings is 5. The molecule has 0 aliphatic carbocycles. The number of nitrogen functional groups attached to an aromatic ring is 1. The highest BCUT2D eigenvalue weighted by atomic mass is 79.9. The van der Waals surface area contributed by atoms with Crippen LogP contribution in [-0.2, 0) is 0 Å². The Kier molecular flexibility index (Phi) is 21.4. The molecular weight excluding hydrogens is 1270 g/mol. The number of pyridine rings is 2. The summed E-state index contributed by atoms with van der Waals surface area (Å²) in [7, 11) is -1.80. The summed E-state index contributed by atoms with van der Waals surface area (Å²) in [5.41, 5.74) is 7.52. The van der Waals surface area contributed by atoms with Crippen molar-refractivity contribution in [3.8, 4) is 22.3 Å². The number of aromatic amines is 2. The predicted molar refractivity (Wildman–Crippen MR) is 336 cm³/mol. The van der Waals surface area contributed by atoms with Gasteiger partial charge in [0, 0.05) is 67.1 Å². The first kappa shape index (κ1) is 62.8. The van der Waals surface area contributed by atoms with Gasteiger partial charge in [-0.15, -0.1) is 56.7 Å². The number of carbonyl (C=O) groups is 3. The van der Waals surface area contributed by atoms with Crippen LogP contribution in [-0.4, -0.2) is 70.5 Å². The highest BCUT2D eigenvalue weighted by Gasteiger charge is 2.24. The minimum absolute atomic E-state index is 0.0176. The van der Waals surface area contributed by atoms with Crippen molar-refractivity contribution >= 4 is 174 Å². The maximum absolute atomic E-state index is 11.8. The lowest BCUT2D eigenvalue weighted by Crippen LogP contribution is -2.31. The van der Waals surface area contributed by atoms with E-state index in [0.717, 1.165) is 54.2 Å². The molecule has 7 heterocycles. The SMILES string of the molecule is Nc1cccc2c(=O)[nH]c3sccc3c12.O=C(O)c1sccc1-c1ccccc1[N+](=O)[O-].O=Cc1sccc1-c1ccccc1[N+](=O)[O-].O=Cc1sccc1Br.O=[N+]([O-])c1ccccc1B(O)O.O=c1[nH]c2sccc2c2c([N+](=O)[O-])cccc12. The Labute approximate surface area is 504 Å². The first-order valence-corrected chi connectivity index (χ1v) is 29.0. The molecule has 85 heavy (non-hydrogen) atoms. The number of carboxylic acid groups (broad SMARTS) is 1. The van der Waals surface area contributed by atoms with Gasteiger partial charge in [0.05, 0.1) is 56.8 Å². The maximum Gasteiger partial charge on any atom is 0.495 e. The van der Waals surface area contributed by atoms with Gasteiger partial charge in [-0.1, -0.05) is 54.6 Å². The lowest BCUT2D eigenvalue weighted by Gasteiger charge is -2.02. The van der Waals surface area contributed by atoms with Gasteiger partial charge in [-0.25, -0.2) is 4.79 Å². The molecule has 0 amide bonds. The fraction of sp³-hybridized carbons (Fsp3) is 0. The van der Waals surface area contributed by atoms with Gasteiger partial charge in [0.2, 0.25) is 0 Å². The fourth-order valence-electron chi connectivity index (χ4n) is 8.08. The van der Waals surface area contributed by atoms with Crippen molar-refractivity contribution < 1.29 is 49.2 Å². The number of carbonyl (C=O) groups excluding carboxylic acids is 2.